The molecule has 0 aliphatic carbocycles. The van der Waals surface area contributed by atoms with Gasteiger partial charge in [0.05, 0.1) is 24.8 Å². The number of aliphatic hydroxyl groups is 1. The topological polar surface area (TPSA) is 94.3 Å². The van der Waals surface area contributed by atoms with Crippen molar-refractivity contribution in [3.8, 4) is 11.4 Å². The van der Waals surface area contributed by atoms with E-state index in [2.05, 4.69) is 27.2 Å². The molecule has 2 aromatic heterocycles. The van der Waals surface area contributed by atoms with Crippen LogP contribution in [0.4, 0.5) is 5.95 Å². The summed E-state index contributed by atoms with van der Waals surface area (Å²) < 4.78 is 13.5. The van der Waals surface area contributed by atoms with E-state index in [0.717, 1.165) is 24.4 Å². The summed E-state index contributed by atoms with van der Waals surface area (Å²) in [6.45, 7) is 3.75. The second-order valence-electron chi connectivity index (χ2n) is 6.11. The number of hydrogen-bond donors (Lipinski definition) is 2. The van der Waals surface area contributed by atoms with Gasteiger partial charge in [0.1, 0.15) is 24.1 Å². The lowest BCUT2D eigenvalue weighted by molar-refractivity contribution is 0.0172. The SMILES string of the molecule is CCCNc1ncc(-c2nccn2[C@H]2CO[C@H]3[C@@H]2OC[C@H]3O)cn1. The quantitative estimate of drug-likeness (QED) is 0.839. The van der Waals surface area contributed by atoms with Crippen LogP contribution in [0.3, 0.4) is 0 Å². The van der Waals surface area contributed by atoms with Crippen LogP contribution in [-0.4, -0.2) is 62.7 Å². The minimum atomic E-state index is -0.556. The molecule has 4 rings (SSSR count). The van der Waals surface area contributed by atoms with E-state index in [0.29, 0.717) is 19.2 Å². The van der Waals surface area contributed by atoms with E-state index in [1.54, 1.807) is 18.6 Å². The molecular weight excluding hydrogens is 310 g/mol. The van der Waals surface area contributed by atoms with Crippen LogP contribution in [0.15, 0.2) is 24.8 Å². The summed E-state index contributed by atoms with van der Waals surface area (Å²) in [7, 11) is 0. The summed E-state index contributed by atoms with van der Waals surface area (Å²) in [6.07, 6.45) is 7.23. The number of nitrogens with zero attached hydrogens (tertiary/aromatic N) is 4. The molecule has 8 heteroatoms. The highest BCUT2D eigenvalue weighted by atomic mass is 16.6. The highest BCUT2D eigenvalue weighted by Crippen LogP contribution is 2.36. The minimum absolute atomic E-state index is 0.0115. The fraction of sp³-hybridized carbons (Fsp3) is 0.562. The smallest absolute Gasteiger partial charge is 0.222 e. The molecule has 0 radical (unpaired) electrons. The average Bonchev–Trinajstić information content (AvgIpc) is 3.31. The lowest BCUT2D eigenvalue weighted by Crippen LogP contribution is -2.30. The first-order chi connectivity index (χ1) is 11.8. The lowest BCUT2D eigenvalue weighted by atomic mass is 10.1. The van der Waals surface area contributed by atoms with Crippen molar-refractivity contribution >= 4 is 5.95 Å². The molecule has 2 aliphatic heterocycles. The first-order valence-electron chi connectivity index (χ1n) is 8.28. The van der Waals surface area contributed by atoms with Crippen molar-refractivity contribution in [1.82, 2.24) is 19.5 Å². The van der Waals surface area contributed by atoms with Crippen LogP contribution in [0.5, 0.6) is 0 Å². The zero-order chi connectivity index (χ0) is 16.5. The number of ether oxygens (including phenoxy) is 2. The molecule has 0 spiro atoms. The van der Waals surface area contributed by atoms with Gasteiger partial charge in [0.2, 0.25) is 5.95 Å². The number of hydrogen-bond acceptors (Lipinski definition) is 7. The Hall–Kier alpha value is -2.03. The summed E-state index contributed by atoms with van der Waals surface area (Å²) in [5.74, 6) is 1.39. The Kier molecular flexibility index (Phi) is 4.17. The molecule has 2 N–H and O–H groups in total. The number of aromatic nitrogens is 4. The van der Waals surface area contributed by atoms with Gasteiger partial charge < -0.3 is 24.5 Å². The zero-order valence-electron chi connectivity index (χ0n) is 13.5. The van der Waals surface area contributed by atoms with Crippen molar-refractivity contribution in [3.63, 3.8) is 0 Å². The minimum Gasteiger partial charge on any atom is -0.388 e. The van der Waals surface area contributed by atoms with Gasteiger partial charge >= 0.3 is 0 Å². The van der Waals surface area contributed by atoms with Crippen molar-refractivity contribution in [3.05, 3.63) is 24.8 Å². The largest absolute Gasteiger partial charge is 0.388 e. The van der Waals surface area contributed by atoms with E-state index in [-0.39, 0.29) is 18.2 Å². The van der Waals surface area contributed by atoms with E-state index >= 15 is 0 Å². The van der Waals surface area contributed by atoms with Crippen LogP contribution in [0.25, 0.3) is 11.4 Å². The van der Waals surface area contributed by atoms with E-state index in [1.807, 2.05) is 10.8 Å². The second kappa shape index (κ2) is 6.46. The summed E-state index contributed by atoms with van der Waals surface area (Å²) in [5, 5.41) is 13.1. The first kappa shape index (κ1) is 15.5. The third kappa shape index (κ3) is 2.66. The maximum Gasteiger partial charge on any atom is 0.222 e. The van der Waals surface area contributed by atoms with E-state index < -0.39 is 6.10 Å². The summed E-state index contributed by atoms with van der Waals surface area (Å²) in [5.41, 5.74) is 0.837. The van der Waals surface area contributed by atoms with Crippen molar-refractivity contribution in [2.75, 3.05) is 25.1 Å². The van der Waals surface area contributed by atoms with Gasteiger partial charge in [0, 0.05) is 31.3 Å². The number of aliphatic hydroxyl groups excluding tert-OH is 1. The molecule has 8 nitrogen and oxygen atoms in total. The van der Waals surface area contributed by atoms with Crippen LogP contribution >= 0.6 is 0 Å². The highest BCUT2D eigenvalue weighted by Gasteiger charge is 2.48. The standard InChI is InChI=1S/C16H21N5O3/c1-2-3-18-16-19-6-10(7-20-16)15-17-4-5-21(15)11-8-23-14-12(22)9-24-13(11)14/h4-7,11-14,22H,2-3,8-9H2,1H3,(H,18,19,20)/t11-,12+,13+,14+/m0/s1. The van der Waals surface area contributed by atoms with Crippen molar-refractivity contribution < 1.29 is 14.6 Å². The van der Waals surface area contributed by atoms with Gasteiger partial charge in [-0.15, -0.1) is 0 Å². The molecule has 0 amide bonds. The predicted octanol–water partition coefficient (Wildman–Crippen LogP) is 0.862. The van der Waals surface area contributed by atoms with E-state index in [1.165, 1.54) is 0 Å². The van der Waals surface area contributed by atoms with Gasteiger partial charge in [0.15, 0.2) is 0 Å². The molecule has 0 unspecified atom stereocenters. The van der Waals surface area contributed by atoms with Gasteiger partial charge in [-0.2, -0.15) is 0 Å². The van der Waals surface area contributed by atoms with Crippen LogP contribution < -0.4 is 5.32 Å². The molecule has 2 aliphatic rings. The monoisotopic (exact) mass is 331 g/mol. The van der Waals surface area contributed by atoms with Crippen LogP contribution in [0.1, 0.15) is 19.4 Å². The van der Waals surface area contributed by atoms with Crippen LogP contribution in [-0.2, 0) is 9.47 Å². The van der Waals surface area contributed by atoms with Crippen LogP contribution in [0, 0.1) is 0 Å². The normalized spacial score (nSPS) is 28.9. The van der Waals surface area contributed by atoms with Gasteiger partial charge in [-0.3, -0.25) is 0 Å². The fourth-order valence-electron chi connectivity index (χ4n) is 3.27. The lowest BCUT2D eigenvalue weighted by Gasteiger charge is -2.19. The Morgan fingerprint density at radius 3 is 2.79 bits per heavy atom. The predicted molar refractivity (Wildman–Crippen MR) is 86.6 cm³/mol. The maximum absolute atomic E-state index is 9.90. The zero-order valence-corrected chi connectivity index (χ0v) is 13.5. The Morgan fingerprint density at radius 1 is 1.21 bits per heavy atom. The first-order valence-corrected chi connectivity index (χ1v) is 8.28. The number of anilines is 1. The molecule has 128 valence electrons. The van der Waals surface area contributed by atoms with Gasteiger partial charge in [-0.1, -0.05) is 6.92 Å². The van der Waals surface area contributed by atoms with Crippen molar-refractivity contribution in [1.29, 1.82) is 0 Å². The fourth-order valence-corrected chi connectivity index (χ4v) is 3.27. The van der Waals surface area contributed by atoms with Crippen molar-refractivity contribution in [2.24, 2.45) is 0 Å². The third-order valence-electron chi connectivity index (χ3n) is 4.47. The molecule has 0 saturated carbocycles. The average molecular weight is 331 g/mol. The molecule has 2 saturated heterocycles. The number of nitrogens with one attached hydrogen (secondary N) is 1. The molecule has 24 heavy (non-hydrogen) atoms. The maximum atomic E-state index is 9.90. The Morgan fingerprint density at radius 2 is 2.00 bits per heavy atom. The molecule has 2 aromatic rings. The molecule has 4 atom stereocenters. The van der Waals surface area contributed by atoms with E-state index in [9.17, 15) is 5.11 Å². The summed E-state index contributed by atoms with van der Waals surface area (Å²) in [4.78, 5) is 13.1. The molecule has 4 heterocycles. The molecule has 0 aromatic carbocycles. The Bertz CT molecular complexity index is 689. The van der Waals surface area contributed by atoms with Gasteiger partial charge in [-0.25, -0.2) is 15.0 Å². The summed E-state index contributed by atoms with van der Waals surface area (Å²) >= 11 is 0. The Balaban J connectivity index is 1.57. The second-order valence-corrected chi connectivity index (χ2v) is 6.11. The van der Waals surface area contributed by atoms with Crippen molar-refractivity contribution in [2.45, 2.75) is 37.7 Å². The van der Waals surface area contributed by atoms with Crippen LogP contribution in [0.2, 0.25) is 0 Å². The third-order valence-corrected chi connectivity index (χ3v) is 4.47. The Labute approximate surface area is 139 Å². The van der Waals surface area contributed by atoms with E-state index in [4.69, 9.17) is 9.47 Å². The number of imidazole rings is 1. The molecule has 0 bridgehead atoms. The molecule has 2 fully saturated rings. The van der Waals surface area contributed by atoms with Gasteiger partial charge in [-0.05, 0) is 6.42 Å². The highest BCUT2D eigenvalue weighted by molar-refractivity contribution is 5.54. The molecular formula is C16H21N5O3. The summed E-state index contributed by atoms with van der Waals surface area (Å²) in [6, 6.07) is -0.0115. The number of fused-ring (bicyclic) bond motifs is 1. The number of rotatable bonds is 5. The van der Waals surface area contributed by atoms with Gasteiger partial charge in [0.25, 0.3) is 0 Å².